The minimum atomic E-state index is -0.383. The molecular weight excluding hydrogens is 338 g/mol. The van der Waals surface area contributed by atoms with Crippen LogP contribution in [0.5, 0.6) is 11.5 Å². The van der Waals surface area contributed by atoms with E-state index in [1.54, 1.807) is 39.4 Å². The molecule has 0 N–H and O–H groups in total. The Hall–Kier alpha value is -2.70. The number of methoxy groups -OCH3 is 1. The minimum Gasteiger partial charge on any atom is -0.493 e. The third kappa shape index (κ3) is 3.76. The van der Waals surface area contributed by atoms with Gasteiger partial charge in [0.05, 0.1) is 13.0 Å². The molecule has 1 heterocycles. The first kappa shape index (κ1) is 18.1. The summed E-state index contributed by atoms with van der Waals surface area (Å²) < 4.78 is 22.1. The van der Waals surface area contributed by atoms with Crippen molar-refractivity contribution >= 4 is 11.9 Å². The maximum Gasteiger partial charge on any atom is 0.409 e. The van der Waals surface area contributed by atoms with E-state index < -0.39 is 0 Å². The highest BCUT2D eigenvalue weighted by atomic mass is 16.6. The lowest BCUT2D eigenvalue weighted by Crippen LogP contribution is -2.43. The van der Waals surface area contributed by atoms with Gasteiger partial charge in [-0.25, -0.2) is 4.79 Å². The number of fused-ring (bicyclic) bond motifs is 1. The predicted octanol–water partition coefficient (Wildman–Crippen LogP) is 2.75. The van der Waals surface area contributed by atoms with Crippen molar-refractivity contribution in [3.05, 3.63) is 36.3 Å². The molecule has 1 aromatic rings. The van der Waals surface area contributed by atoms with Crippen LogP contribution in [-0.4, -0.2) is 50.2 Å². The Kier molecular flexibility index (Phi) is 5.35. The van der Waals surface area contributed by atoms with Gasteiger partial charge in [0.25, 0.3) is 0 Å². The van der Waals surface area contributed by atoms with Gasteiger partial charge in [0.15, 0.2) is 11.5 Å². The van der Waals surface area contributed by atoms with Crippen molar-refractivity contribution in [1.29, 1.82) is 0 Å². The van der Waals surface area contributed by atoms with Crippen molar-refractivity contribution in [2.75, 3.05) is 21.2 Å². The zero-order valence-electron chi connectivity index (χ0n) is 15.1. The molecule has 1 aliphatic heterocycles. The Morgan fingerprint density at radius 2 is 1.92 bits per heavy atom. The van der Waals surface area contributed by atoms with E-state index in [4.69, 9.17) is 18.9 Å². The quantitative estimate of drug-likeness (QED) is 0.821. The molecule has 1 saturated carbocycles. The number of ketones is 1. The maximum atomic E-state index is 12.8. The summed E-state index contributed by atoms with van der Waals surface area (Å²) in [4.78, 5) is 25.9. The number of rotatable bonds is 4. The molecule has 26 heavy (non-hydrogen) atoms. The van der Waals surface area contributed by atoms with Gasteiger partial charge in [-0.15, -0.1) is 0 Å². The summed E-state index contributed by atoms with van der Waals surface area (Å²) in [6.07, 6.45) is 2.12. The molecule has 1 aliphatic carbocycles. The zero-order valence-corrected chi connectivity index (χ0v) is 15.1. The molecule has 3 unspecified atom stereocenters. The molecule has 0 aromatic heterocycles. The van der Waals surface area contributed by atoms with Gasteiger partial charge in [0.2, 0.25) is 11.5 Å². The van der Waals surface area contributed by atoms with Crippen LogP contribution in [0.25, 0.3) is 0 Å². The van der Waals surface area contributed by atoms with Gasteiger partial charge in [0, 0.05) is 20.5 Å². The first-order valence-corrected chi connectivity index (χ1v) is 8.58. The number of benzene rings is 1. The lowest BCUT2D eigenvalue weighted by atomic mass is 9.80. The molecule has 7 nitrogen and oxygen atoms in total. The Labute approximate surface area is 152 Å². The van der Waals surface area contributed by atoms with E-state index in [2.05, 4.69) is 0 Å². The van der Waals surface area contributed by atoms with Crippen molar-refractivity contribution in [2.45, 2.75) is 31.5 Å². The highest BCUT2D eigenvalue weighted by molar-refractivity contribution is 5.96. The maximum absolute atomic E-state index is 12.8. The fourth-order valence-electron chi connectivity index (χ4n) is 3.18. The molecule has 3 rings (SSSR count). The zero-order chi connectivity index (χ0) is 18.7. The lowest BCUT2D eigenvalue weighted by molar-refractivity contribution is -0.132. The van der Waals surface area contributed by atoms with Crippen LogP contribution in [0, 0.1) is 5.92 Å². The number of ether oxygens (including phenoxy) is 4. The largest absolute Gasteiger partial charge is 0.493 e. The van der Waals surface area contributed by atoms with Crippen molar-refractivity contribution in [3.8, 4) is 11.5 Å². The summed E-state index contributed by atoms with van der Waals surface area (Å²) in [5, 5.41) is 0. The van der Waals surface area contributed by atoms with Crippen LogP contribution in [-0.2, 0) is 14.3 Å². The molecule has 0 saturated heterocycles. The molecule has 140 valence electrons. The fourth-order valence-corrected chi connectivity index (χ4v) is 3.18. The highest BCUT2D eigenvalue weighted by Gasteiger charge is 2.42. The molecule has 0 bridgehead atoms. The van der Waals surface area contributed by atoms with Crippen molar-refractivity contribution in [3.63, 3.8) is 0 Å². The number of hydrogen-bond donors (Lipinski definition) is 0. The lowest BCUT2D eigenvalue weighted by Gasteiger charge is -2.37. The fraction of sp³-hybridized carbons (Fsp3) is 0.474. The number of para-hydroxylation sites is 2. The van der Waals surface area contributed by atoms with E-state index in [1.807, 2.05) is 6.07 Å². The average molecular weight is 361 g/mol. The highest BCUT2D eigenvalue weighted by Crippen LogP contribution is 2.36. The average Bonchev–Trinajstić information content (AvgIpc) is 2.64. The van der Waals surface area contributed by atoms with Gasteiger partial charge in [-0.05, 0) is 25.0 Å². The minimum absolute atomic E-state index is 0.0930. The Morgan fingerprint density at radius 1 is 1.19 bits per heavy atom. The van der Waals surface area contributed by atoms with Crippen LogP contribution in [0.4, 0.5) is 4.79 Å². The second kappa shape index (κ2) is 7.68. The first-order chi connectivity index (χ1) is 12.5. The number of amides is 1. The first-order valence-electron chi connectivity index (χ1n) is 8.58. The molecule has 2 aliphatic rings. The summed E-state index contributed by atoms with van der Waals surface area (Å²) in [6, 6.07) is 7.12. The number of hydrogen-bond acceptors (Lipinski definition) is 6. The summed E-state index contributed by atoms with van der Waals surface area (Å²) in [7, 11) is 4.82. The van der Waals surface area contributed by atoms with Gasteiger partial charge < -0.3 is 23.8 Å². The molecule has 1 fully saturated rings. The van der Waals surface area contributed by atoms with Crippen molar-refractivity contribution < 1.29 is 28.5 Å². The molecular formula is C19H23NO6. The van der Waals surface area contributed by atoms with Crippen LogP contribution in [0.2, 0.25) is 0 Å². The summed E-state index contributed by atoms with van der Waals surface area (Å²) in [5.41, 5.74) is 0. The van der Waals surface area contributed by atoms with Crippen LogP contribution < -0.4 is 9.47 Å². The standard InChI is InChI=1S/C19H23NO6/c1-20(2)19(22)25-12-8-9-13-16(10-12)24-11-17(18(13)21)26-15-7-5-4-6-14(15)23-3/h4-7,11-13,16H,8-10H2,1-3H3. The Balaban J connectivity index is 1.67. The number of carbonyl (C=O) groups excluding carboxylic acids is 2. The van der Waals surface area contributed by atoms with E-state index in [9.17, 15) is 9.59 Å². The number of nitrogens with zero attached hydrogens (tertiary/aromatic N) is 1. The van der Waals surface area contributed by atoms with E-state index in [-0.39, 0.29) is 35.8 Å². The van der Waals surface area contributed by atoms with E-state index in [0.717, 1.165) is 0 Å². The molecule has 0 spiro atoms. The van der Waals surface area contributed by atoms with Crippen LogP contribution in [0.1, 0.15) is 19.3 Å². The number of Topliss-reactive ketones (excluding diaryl/α,β-unsaturated/α-hetero) is 1. The second-order valence-corrected chi connectivity index (χ2v) is 6.59. The third-order valence-electron chi connectivity index (χ3n) is 4.59. The molecule has 1 amide bonds. The van der Waals surface area contributed by atoms with Crippen LogP contribution >= 0.6 is 0 Å². The van der Waals surface area contributed by atoms with Gasteiger partial charge in [-0.3, -0.25) is 4.79 Å². The SMILES string of the molecule is COc1ccccc1OC1=COC2CC(OC(=O)N(C)C)CCC2C1=O. The topological polar surface area (TPSA) is 74.3 Å². The molecule has 1 aromatic carbocycles. The van der Waals surface area contributed by atoms with E-state index >= 15 is 0 Å². The number of carbonyl (C=O) groups is 2. The van der Waals surface area contributed by atoms with Gasteiger partial charge in [-0.2, -0.15) is 0 Å². The molecule has 7 heteroatoms. The summed E-state index contributed by atoms with van der Waals surface area (Å²) in [6.45, 7) is 0. The molecule has 3 atom stereocenters. The third-order valence-corrected chi connectivity index (χ3v) is 4.59. The van der Waals surface area contributed by atoms with Crippen molar-refractivity contribution in [1.82, 2.24) is 4.90 Å². The normalized spacial score (nSPS) is 24.7. The Morgan fingerprint density at radius 3 is 2.62 bits per heavy atom. The number of allylic oxidation sites excluding steroid dienone is 1. The predicted molar refractivity (Wildman–Crippen MR) is 92.9 cm³/mol. The van der Waals surface area contributed by atoms with Gasteiger partial charge >= 0.3 is 6.09 Å². The van der Waals surface area contributed by atoms with Crippen molar-refractivity contribution in [2.24, 2.45) is 5.92 Å². The smallest absolute Gasteiger partial charge is 0.409 e. The van der Waals surface area contributed by atoms with E-state index in [1.165, 1.54) is 11.2 Å². The summed E-state index contributed by atoms with van der Waals surface area (Å²) in [5.74, 6) is 0.788. The van der Waals surface area contributed by atoms with Crippen LogP contribution in [0.3, 0.4) is 0 Å². The Bertz CT molecular complexity index is 714. The van der Waals surface area contributed by atoms with Gasteiger partial charge in [-0.1, -0.05) is 12.1 Å². The monoisotopic (exact) mass is 361 g/mol. The second-order valence-electron chi connectivity index (χ2n) is 6.59. The molecule has 0 radical (unpaired) electrons. The van der Waals surface area contributed by atoms with Gasteiger partial charge in [0.1, 0.15) is 18.5 Å². The van der Waals surface area contributed by atoms with E-state index in [0.29, 0.717) is 30.8 Å². The van der Waals surface area contributed by atoms with Crippen LogP contribution in [0.15, 0.2) is 36.3 Å². The summed E-state index contributed by atoms with van der Waals surface area (Å²) >= 11 is 0.